The number of esters is 1. The van der Waals surface area contributed by atoms with Crippen LogP contribution >= 0.6 is 22.6 Å². The van der Waals surface area contributed by atoms with Crippen LogP contribution in [0.25, 0.3) is 0 Å². The third kappa shape index (κ3) is 6.80. The first kappa shape index (κ1) is 23.9. The Morgan fingerprint density at radius 2 is 1.89 bits per heavy atom. The summed E-state index contributed by atoms with van der Waals surface area (Å²) in [7, 11) is 1.25. The lowest BCUT2D eigenvalue weighted by molar-refractivity contribution is -0.144. The van der Waals surface area contributed by atoms with E-state index in [2.05, 4.69) is 5.10 Å². The van der Waals surface area contributed by atoms with E-state index in [1.165, 1.54) is 14.0 Å². The molecular weight excluding hydrogens is 489 g/mol. The Labute approximate surface area is 175 Å². The molecule has 0 saturated heterocycles. The molecule has 28 heavy (non-hydrogen) atoms. The molecule has 0 aliphatic rings. The average Bonchev–Trinajstić information content (AvgIpc) is 2.56. The van der Waals surface area contributed by atoms with E-state index in [1.807, 2.05) is 0 Å². The number of halogens is 3. The van der Waals surface area contributed by atoms with E-state index in [9.17, 15) is 23.2 Å². The molecule has 7 nitrogen and oxygen atoms in total. The Hall–Kier alpha value is -2.11. The number of benzene rings is 1. The number of carbonyl (C=O) groups excluding carboxylic acids is 3. The zero-order valence-corrected chi connectivity index (χ0v) is 18.2. The minimum Gasteiger partial charge on any atom is -0.465 e. The highest BCUT2D eigenvalue weighted by Crippen LogP contribution is 2.20. The maximum atomic E-state index is 14.1. The standard InChI is InChI=1S/C18H21F2IN2O5/c1-6-27-16(25)12(9-22-23(5)17(26)28-18(2,3)4)15(24)11-7-10(21)8-13(19)14(11)20/h7-9,12H,6H2,1-5H3. The molecule has 0 saturated carbocycles. The van der Waals surface area contributed by atoms with Crippen LogP contribution in [0.3, 0.4) is 0 Å². The summed E-state index contributed by atoms with van der Waals surface area (Å²) in [5.74, 6) is -6.33. The van der Waals surface area contributed by atoms with E-state index in [4.69, 9.17) is 9.47 Å². The molecule has 0 aliphatic carbocycles. The van der Waals surface area contributed by atoms with Gasteiger partial charge in [0.25, 0.3) is 0 Å². The molecule has 0 spiro atoms. The second-order valence-corrected chi connectivity index (χ2v) is 7.86. The van der Waals surface area contributed by atoms with Crippen LogP contribution in [0, 0.1) is 21.1 Å². The Morgan fingerprint density at radius 3 is 2.43 bits per heavy atom. The van der Waals surface area contributed by atoms with Crippen molar-refractivity contribution in [2.24, 2.45) is 11.0 Å². The lowest BCUT2D eigenvalue weighted by atomic mass is 9.98. The lowest BCUT2D eigenvalue weighted by Gasteiger charge is -2.22. The molecule has 1 unspecified atom stereocenters. The Bertz CT molecular complexity index is 793. The molecule has 0 N–H and O–H groups in total. The Kier molecular flexibility index (Phi) is 8.46. The van der Waals surface area contributed by atoms with Crippen LogP contribution in [0.4, 0.5) is 13.6 Å². The van der Waals surface area contributed by atoms with Crippen molar-refractivity contribution < 1.29 is 32.6 Å². The second kappa shape index (κ2) is 9.89. The number of hydrazone groups is 1. The molecule has 10 heteroatoms. The van der Waals surface area contributed by atoms with Crippen molar-refractivity contribution in [2.75, 3.05) is 13.7 Å². The zero-order valence-electron chi connectivity index (χ0n) is 16.1. The van der Waals surface area contributed by atoms with Gasteiger partial charge in [-0.2, -0.15) is 5.10 Å². The van der Waals surface area contributed by atoms with Crippen molar-refractivity contribution >= 4 is 46.7 Å². The SMILES string of the molecule is CCOC(=O)C(C=NN(C)C(=O)OC(C)(C)C)C(=O)c1cc(I)cc(F)c1F. The summed E-state index contributed by atoms with van der Waals surface area (Å²) in [5, 5.41) is 4.50. The van der Waals surface area contributed by atoms with Crippen LogP contribution < -0.4 is 0 Å². The molecular formula is C18H21F2IN2O5. The van der Waals surface area contributed by atoms with Gasteiger partial charge >= 0.3 is 12.1 Å². The van der Waals surface area contributed by atoms with Crippen molar-refractivity contribution in [2.45, 2.75) is 33.3 Å². The molecule has 0 heterocycles. The largest absolute Gasteiger partial charge is 0.465 e. The zero-order chi connectivity index (χ0) is 21.6. The first-order chi connectivity index (χ1) is 12.9. The number of carbonyl (C=O) groups is 3. The van der Waals surface area contributed by atoms with Crippen molar-refractivity contribution in [1.82, 2.24) is 5.01 Å². The number of hydrogen-bond acceptors (Lipinski definition) is 6. The quantitative estimate of drug-likeness (QED) is 0.111. The molecule has 0 radical (unpaired) electrons. The number of ether oxygens (including phenoxy) is 2. The molecule has 0 aromatic heterocycles. The van der Waals surface area contributed by atoms with Gasteiger partial charge in [0.2, 0.25) is 0 Å². The summed E-state index contributed by atoms with van der Waals surface area (Å²) < 4.78 is 37.9. The smallest absolute Gasteiger partial charge is 0.430 e. The van der Waals surface area contributed by atoms with Gasteiger partial charge < -0.3 is 9.47 Å². The van der Waals surface area contributed by atoms with E-state index in [1.54, 1.807) is 43.4 Å². The van der Waals surface area contributed by atoms with Crippen LogP contribution in [0.1, 0.15) is 38.1 Å². The summed E-state index contributed by atoms with van der Waals surface area (Å²) in [6, 6.07) is 2.02. The van der Waals surface area contributed by atoms with Crippen LogP contribution in [0.15, 0.2) is 17.2 Å². The normalized spacial score (nSPS) is 12.6. The van der Waals surface area contributed by atoms with Gasteiger partial charge in [0.05, 0.1) is 12.2 Å². The summed E-state index contributed by atoms with van der Waals surface area (Å²) in [6.45, 7) is 6.45. The highest BCUT2D eigenvalue weighted by Gasteiger charge is 2.31. The number of nitrogens with zero attached hydrogens (tertiary/aromatic N) is 2. The van der Waals surface area contributed by atoms with Crippen molar-refractivity contribution in [3.8, 4) is 0 Å². The van der Waals surface area contributed by atoms with Gasteiger partial charge in [0.15, 0.2) is 23.3 Å². The average molecular weight is 510 g/mol. The minimum atomic E-state index is -1.67. The Morgan fingerprint density at radius 1 is 1.29 bits per heavy atom. The van der Waals surface area contributed by atoms with Gasteiger partial charge in [-0.25, -0.2) is 18.6 Å². The first-order valence-electron chi connectivity index (χ1n) is 8.23. The van der Waals surface area contributed by atoms with Crippen molar-refractivity contribution in [3.63, 3.8) is 0 Å². The summed E-state index contributed by atoms with van der Waals surface area (Å²) in [4.78, 5) is 36.8. The molecule has 154 valence electrons. The van der Waals surface area contributed by atoms with Crippen molar-refractivity contribution in [1.29, 1.82) is 0 Å². The first-order valence-corrected chi connectivity index (χ1v) is 9.31. The molecule has 1 atom stereocenters. The summed E-state index contributed by atoms with van der Waals surface area (Å²) >= 11 is 1.71. The number of ketones is 1. The van der Waals surface area contributed by atoms with E-state index >= 15 is 0 Å². The van der Waals surface area contributed by atoms with Crippen LogP contribution in [-0.2, 0) is 14.3 Å². The predicted octanol–water partition coefficient (Wildman–Crippen LogP) is 3.78. The highest BCUT2D eigenvalue weighted by molar-refractivity contribution is 14.1. The topological polar surface area (TPSA) is 85.3 Å². The maximum Gasteiger partial charge on any atom is 0.430 e. The number of rotatable bonds is 6. The molecule has 0 aliphatic heterocycles. The fourth-order valence-corrected chi connectivity index (χ4v) is 2.50. The van der Waals surface area contributed by atoms with E-state index in [-0.39, 0.29) is 10.2 Å². The lowest BCUT2D eigenvalue weighted by Crippen LogP contribution is -2.33. The van der Waals surface area contributed by atoms with Gasteiger partial charge in [-0.1, -0.05) is 0 Å². The highest BCUT2D eigenvalue weighted by atomic mass is 127. The van der Waals surface area contributed by atoms with Gasteiger partial charge in [0, 0.05) is 16.8 Å². The fourth-order valence-electron chi connectivity index (χ4n) is 1.91. The van der Waals surface area contributed by atoms with E-state index < -0.39 is 46.6 Å². The number of Topliss-reactive ketones (excluding diaryl/α,β-unsaturated/α-hetero) is 1. The monoisotopic (exact) mass is 510 g/mol. The predicted molar refractivity (Wildman–Crippen MR) is 106 cm³/mol. The molecule has 0 fully saturated rings. The molecule has 0 bridgehead atoms. The summed E-state index contributed by atoms with van der Waals surface area (Å²) in [5.41, 5.74) is -1.40. The van der Waals surface area contributed by atoms with Crippen LogP contribution in [0.2, 0.25) is 0 Å². The molecule has 1 aromatic carbocycles. The van der Waals surface area contributed by atoms with E-state index in [0.29, 0.717) is 0 Å². The van der Waals surface area contributed by atoms with Gasteiger partial charge in [-0.15, -0.1) is 0 Å². The van der Waals surface area contributed by atoms with Crippen molar-refractivity contribution in [3.05, 3.63) is 32.9 Å². The van der Waals surface area contributed by atoms with Crippen LogP contribution in [0.5, 0.6) is 0 Å². The van der Waals surface area contributed by atoms with Gasteiger partial charge in [0.1, 0.15) is 5.60 Å². The third-order valence-electron chi connectivity index (χ3n) is 3.13. The molecule has 1 rings (SSSR count). The third-order valence-corrected chi connectivity index (χ3v) is 3.75. The second-order valence-electron chi connectivity index (χ2n) is 6.61. The van der Waals surface area contributed by atoms with Crippen LogP contribution in [-0.4, -0.2) is 48.3 Å². The number of hydrogen-bond donors (Lipinski definition) is 0. The van der Waals surface area contributed by atoms with Gasteiger partial charge in [-0.3, -0.25) is 9.59 Å². The summed E-state index contributed by atoms with van der Waals surface area (Å²) in [6.07, 6.45) is 0.00635. The number of amides is 1. The fraction of sp³-hybridized carbons (Fsp3) is 0.444. The molecule has 1 amide bonds. The van der Waals surface area contributed by atoms with Gasteiger partial charge in [-0.05, 0) is 62.4 Å². The molecule has 1 aromatic rings. The van der Waals surface area contributed by atoms with E-state index in [0.717, 1.165) is 23.4 Å². The minimum absolute atomic E-state index is 0.0402. The maximum absolute atomic E-state index is 14.1. The Balaban J connectivity index is 3.19.